The van der Waals surface area contributed by atoms with Gasteiger partial charge in [-0.1, -0.05) is 6.92 Å². The van der Waals surface area contributed by atoms with Crippen LogP contribution in [0.1, 0.15) is 19.8 Å². The van der Waals surface area contributed by atoms with Gasteiger partial charge >= 0.3 is 0 Å². The molecule has 2 aliphatic rings. The zero-order chi connectivity index (χ0) is 19.2. The molecule has 144 valence electrons. The Kier molecular flexibility index (Phi) is 6.36. The summed E-state index contributed by atoms with van der Waals surface area (Å²) in [6.45, 7) is 7.89. The predicted molar refractivity (Wildman–Crippen MR) is 108 cm³/mol. The van der Waals surface area contributed by atoms with Gasteiger partial charge in [-0.3, -0.25) is 4.79 Å². The summed E-state index contributed by atoms with van der Waals surface area (Å²) in [6, 6.07) is 10.2. The van der Waals surface area contributed by atoms with Gasteiger partial charge in [0.15, 0.2) is 0 Å². The van der Waals surface area contributed by atoms with Crippen molar-refractivity contribution in [3.05, 3.63) is 36.0 Å². The summed E-state index contributed by atoms with van der Waals surface area (Å²) in [7, 11) is 2.15. The molecule has 2 fully saturated rings. The van der Waals surface area contributed by atoms with Gasteiger partial charge in [0.05, 0.1) is 0 Å². The van der Waals surface area contributed by atoms with E-state index in [2.05, 4.69) is 41.2 Å². The molecule has 2 aliphatic heterocycles. The third kappa shape index (κ3) is 5.01. The first-order valence-electron chi connectivity index (χ1n) is 9.76. The van der Waals surface area contributed by atoms with Gasteiger partial charge in [-0.05, 0) is 50.1 Å². The van der Waals surface area contributed by atoms with E-state index in [-0.39, 0.29) is 11.5 Å². The van der Waals surface area contributed by atoms with Gasteiger partial charge in [-0.25, -0.2) is 0 Å². The third-order valence-electron chi connectivity index (χ3n) is 5.54. The van der Waals surface area contributed by atoms with E-state index in [0.29, 0.717) is 5.92 Å². The lowest BCUT2D eigenvalue weighted by Gasteiger charge is -2.34. The fraction of sp³-hybridized carbons (Fsp3) is 0.524. The molecular formula is C21H29N5O. The van der Waals surface area contributed by atoms with Crippen molar-refractivity contribution in [3.63, 3.8) is 0 Å². The Morgan fingerprint density at radius 2 is 1.74 bits per heavy atom. The lowest BCUT2D eigenvalue weighted by atomic mass is 9.99. The van der Waals surface area contributed by atoms with Crippen LogP contribution < -0.4 is 10.2 Å². The van der Waals surface area contributed by atoms with Crippen LogP contribution in [0.2, 0.25) is 0 Å². The first-order chi connectivity index (χ1) is 13.1. The van der Waals surface area contributed by atoms with E-state index in [4.69, 9.17) is 0 Å². The maximum atomic E-state index is 12.5. The van der Waals surface area contributed by atoms with Gasteiger partial charge in [0.25, 0.3) is 5.91 Å². The first kappa shape index (κ1) is 19.2. The molecule has 0 radical (unpaired) electrons. The Bertz CT molecular complexity index is 705. The fourth-order valence-corrected chi connectivity index (χ4v) is 3.51. The molecule has 1 amide bonds. The standard InChI is InChI=1S/C21H29N5O/c1-17-7-9-26(10-8-17)21(27)18(15-22)16-23-19-3-5-20(6-4-19)25-13-11-24(2)12-14-25/h3-6,16-17,23H,7-14H2,1-2H3/b18-16-. The lowest BCUT2D eigenvalue weighted by molar-refractivity contribution is -0.128. The number of piperazine rings is 1. The van der Waals surface area contributed by atoms with Crippen LogP contribution in [-0.4, -0.2) is 62.0 Å². The molecular weight excluding hydrogens is 338 g/mol. The number of nitrogens with zero attached hydrogens (tertiary/aromatic N) is 4. The molecule has 27 heavy (non-hydrogen) atoms. The van der Waals surface area contributed by atoms with Crippen molar-refractivity contribution in [2.24, 2.45) is 5.92 Å². The molecule has 0 spiro atoms. The molecule has 0 atom stereocenters. The number of amides is 1. The summed E-state index contributed by atoms with van der Waals surface area (Å²) in [6.07, 6.45) is 3.54. The van der Waals surface area contributed by atoms with Crippen LogP contribution in [0, 0.1) is 17.2 Å². The minimum absolute atomic E-state index is 0.160. The Labute approximate surface area is 162 Å². The molecule has 3 rings (SSSR count). The van der Waals surface area contributed by atoms with Gasteiger partial charge in [0, 0.05) is 56.8 Å². The van der Waals surface area contributed by atoms with Crippen LogP contribution in [0.4, 0.5) is 11.4 Å². The van der Waals surface area contributed by atoms with E-state index < -0.39 is 0 Å². The van der Waals surface area contributed by atoms with Crippen molar-refractivity contribution in [3.8, 4) is 6.07 Å². The van der Waals surface area contributed by atoms with E-state index in [9.17, 15) is 10.1 Å². The number of carbonyl (C=O) groups is 1. The summed E-state index contributed by atoms with van der Waals surface area (Å²) in [5, 5.41) is 12.5. The summed E-state index contributed by atoms with van der Waals surface area (Å²) in [4.78, 5) is 19.0. The summed E-state index contributed by atoms with van der Waals surface area (Å²) in [5.74, 6) is 0.478. The highest BCUT2D eigenvalue weighted by Crippen LogP contribution is 2.20. The molecule has 0 aliphatic carbocycles. The molecule has 1 aromatic carbocycles. The largest absolute Gasteiger partial charge is 0.369 e. The topological polar surface area (TPSA) is 62.6 Å². The normalized spacial score (nSPS) is 19.7. The minimum Gasteiger partial charge on any atom is -0.369 e. The van der Waals surface area contributed by atoms with Crippen LogP contribution >= 0.6 is 0 Å². The zero-order valence-electron chi connectivity index (χ0n) is 16.3. The number of likely N-dealkylation sites (N-methyl/N-ethyl adjacent to an activating group) is 1. The summed E-state index contributed by atoms with van der Waals surface area (Å²) < 4.78 is 0. The molecule has 6 nitrogen and oxygen atoms in total. The number of nitriles is 1. The molecule has 2 saturated heterocycles. The SMILES string of the molecule is CC1CCN(C(=O)/C(C#N)=C\Nc2ccc(N3CCN(C)CC3)cc2)CC1. The number of likely N-dealkylation sites (tertiary alicyclic amines) is 1. The van der Waals surface area contributed by atoms with E-state index in [0.717, 1.165) is 57.8 Å². The van der Waals surface area contributed by atoms with Crippen molar-refractivity contribution < 1.29 is 4.79 Å². The quantitative estimate of drug-likeness (QED) is 0.654. The second kappa shape index (κ2) is 8.92. The van der Waals surface area contributed by atoms with Gasteiger partial charge in [-0.2, -0.15) is 5.26 Å². The second-order valence-electron chi connectivity index (χ2n) is 7.63. The van der Waals surface area contributed by atoms with Gasteiger partial charge in [0.2, 0.25) is 0 Å². The maximum Gasteiger partial charge on any atom is 0.266 e. The predicted octanol–water partition coefficient (Wildman–Crippen LogP) is 2.52. The Balaban J connectivity index is 1.58. The Morgan fingerprint density at radius 3 is 2.33 bits per heavy atom. The van der Waals surface area contributed by atoms with Crippen LogP contribution in [0.5, 0.6) is 0 Å². The number of benzene rings is 1. The highest BCUT2D eigenvalue weighted by molar-refractivity contribution is 5.97. The molecule has 0 unspecified atom stereocenters. The third-order valence-corrected chi connectivity index (χ3v) is 5.54. The van der Waals surface area contributed by atoms with Crippen molar-refractivity contribution in [1.82, 2.24) is 9.80 Å². The number of hydrogen-bond donors (Lipinski definition) is 1. The van der Waals surface area contributed by atoms with Gasteiger partial charge in [0.1, 0.15) is 11.6 Å². The smallest absolute Gasteiger partial charge is 0.266 e. The fourth-order valence-electron chi connectivity index (χ4n) is 3.51. The monoisotopic (exact) mass is 367 g/mol. The molecule has 2 heterocycles. The van der Waals surface area contributed by atoms with Crippen LogP contribution in [0.25, 0.3) is 0 Å². The maximum absolute atomic E-state index is 12.5. The van der Waals surface area contributed by atoms with Crippen molar-refractivity contribution in [1.29, 1.82) is 5.26 Å². The van der Waals surface area contributed by atoms with Gasteiger partial charge in [-0.15, -0.1) is 0 Å². The highest BCUT2D eigenvalue weighted by Gasteiger charge is 2.23. The highest BCUT2D eigenvalue weighted by atomic mass is 16.2. The number of rotatable bonds is 4. The van der Waals surface area contributed by atoms with E-state index >= 15 is 0 Å². The van der Waals surface area contributed by atoms with Crippen molar-refractivity contribution >= 4 is 17.3 Å². The van der Waals surface area contributed by atoms with E-state index in [1.165, 1.54) is 11.9 Å². The summed E-state index contributed by atoms with van der Waals surface area (Å²) >= 11 is 0. The average Bonchev–Trinajstić information content (AvgIpc) is 2.70. The molecule has 0 saturated carbocycles. The number of anilines is 2. The lowest BCUT2D eigenvalue weighted by Crippen LogP contribution is -2.44. The Morgan fingerprint density at radius 1 is 1.11 bits per heavy atom. The molecule has 1 N–H and O–H groups in total. The van der Waals surface area contributed by atoms with Crippen LogP contribution in [0.15, 0.2) is 36.0 Å². The molecule has 0 aromatic heterocycles. The summed E-state index contributed by atoms with van der Waals surface area (Å²) in [5.41, 5.74) is 2.24. The van der Waals surface area contributed by atoms with E-state index in [1.807, 2.05) is 18.2 Å². The van der Waals surface area contributed by atoms with E-state index in [1.54, 1.807) is 4.90 Å². The number of hydrogen-bond acceptors (Lipinski definition) is 5. The van der Waals surface area contributed by atoms with Gasteiger partial charge < -0.3 is 20.0 Å². The van der Waals surface area contributed by atoms with Crippen LogP contribution in [0.3, 0.4) is 0 Å². The number of piperidine rings is 1. The number of nitrogens with one attached hydrogen (secondary N) is 1. The van der Waals surface area contributed by atoms with Crippen molar-refractivity contribution in [2.45, 2.75) is 19.8 Å². The second-order valence-corrected chi connectivity index (χ2v) is 7.63. The molecule has 6 heteroatoms. The Hall–Kier alpha value is -2.52. The zero-order valence-corrected chi connectivity index (χ0v) is 16.3. The van der Waals surface area contributed by atoms with Crippen LogP contribution in [-0.2, 0) is 4.79 Å². The first-order valence-corrected chi connectivity index (χ1v) is 9.76. The molecule has 0 bridgehead atoms. The average molecular weight is 367 g/mol. The van der Waals surface area contributed by atoms with Crippen molar-refractivity contribution in [2.75, 3.05) is 56.5 Å². The molecule has 1 aromatic rings. The number of carbonyl (C=O) groups excluding carboxylic acids is 1. The minimum atomic E-state index is -0.175.